The predicted molar refractivity (Wildman–Crippen MR) is 104 cm³/mol. The van der Waals surface area contributed by atoms with Crippen LogP contribution in [0.15, 0.2) is 84.9 Å². The van der Waals surface area contributed by atoms with Gasteiger partial charge in [0.15, 0.2) is 0 Å². The summed E-state index contributed by atoms with van der Waals surface area (Å²) in [5, 5.41) is 5.49. The van der Waals surface area contributed by atoms with Gasteiger partial charge in [-0.25, -0.2) is 4.79 Å². The first-order chi connectivity index (χ1) is 13.2. The molecular weight excluding hydrogens is 340 g/mol. The van der Waals surface area contributed by atoms with Crippen molar-refractivity contribution in [1.82, 2.24) is 5.32 Å². The minimum Gasteiger partial charge on any atom is -0.444 e. The Labute approximate surface area is 158 Å². The highest BCUT2D eigenvalue weighted by atomic mass is 16.5. The Hall–Kier alpha value is -3.60. The first-order valence-corrected chi connectivity index (χ1v) is 8.61. The van der Waals surface area contributed by atoms with Crippen molar-refractivity contribution in [2.75, 3.05) is 5.32 Å². The lowest BCUT2D eigenvalue weighted by Crippen LogP contribution is -2.25. The summed E-state index contributed by atoms with van der Waals surface area (Å²) in [6, 6.07) is 25.9. The van der Waals surface area contributed by atoms with Gasteiger partial charge in [-0.05, 0) is 23.3 Å². The summed E-state index contributed by atoms with van der Waals surface area (Å²) in [5.41, 5.74) is 2.67. The average Bonchev–Trinajstić information content (AvgIpc) is 2.72. The van der Waals surface area contributed by atoms with Crippen LogP contribution in [-0.2, 0) is 17.9 Å². The smallest absolute Gasteiger partial charge is 0.411 e. The van der Waals surface area contributed by atoms with Crippen LogP contribution in [-0.4, -0.2) is 12.0 Å². The molecule has 5 heteroatoms. The van der Waals surface area contributed by atoms with Crippen molar-refractivity contribution in [2.24, 2.45) is 0 Å². The van der Waals surface area contributed by atoms with Crippen LogP contribution in [0.4, 0.5) is 10.5 Å². The molecule has 0 spiro atoms. The van der Waals surface area contributed by atoms with E-state index in [1.807, 2.05) is 60.7 Å². The van der Waals surface area contributed by atoms with E-state index in [-0.39, 0.29) is 12.5 Å². The topological polar surface area (TPSA) is 67.4 Å². The monoisotopic (exact) mass is 360 g/mol. The average molecular weight is 360 g/mol. The summed E-state index contributed by atoms with van der Waals surface area (Å²) in [5.74, 6) is -0.266. The Kier molecular flexibility index (Phi) is 6.20. The number of carbonyl (C=O) groups excluding carboxylic acids is 2. The fourth-order valence-electron chi connectivity index (χ4n) is 2.53. The maximum Gasteiger partial charge on any atom is 0.411 e. The Bertz CT molecular complexity index is 896. The summed E-state index contributed by atoms with van der Waals surface area (Å²) in [4.78, 5) is 24.6. The number of benzene rings is 3. The highest BCUT2D eigenvalue weighted by Gasteiger charge is 2.13. The van der Waals surface area contributed by atoms with Crippen molar-refractivity contribution in [3.05, 3.63) is 102 Å². The van der Waals surface area contributed by atoms with E-state index in [4.69, 9.17) is 4.74 Å². The molecule has 0 saturated carbocycles. The first-order valence-electron chi connectivity index (χ1n) is 8.61. The molecule has 27 heavy (non-hydrogen) atoms. The summed E-state index contributed by atoms with van der Waals surface area (Å²) < 4.78 is 5.21. The number of anilines is 1. The van der Waals surface area contributed by atoms with Crippen LogP contribution in [0, 0.1) is 0 Å². The number of hydrogen-bond donors (Lipinski definition) is 2. The minimum atomic E-state index is -0.609. The quantitative estimate of drug-likeness (QED) is 0.686. The third-order valence-electron chi connectivity index (χ3n) is 3.92. The molecule has 0 radical (unpaired) electrons. The first kappa shape index (κ1) is 18.2. The third-order valence-corrected chi connectivity index (χ3v) is 3.92. The SMILES string of the molecule is O=C(Nc1ccccc1C(=O)NCc1ccccc1)OCc1ccccc1. The zero-order valence-electron chi connectivity index (χ0n) is 14.7. The van der Waals surface area contributed by atoms with Crippen molar-refractivity contribution in [3.63, 3.8) is 0 Å². The number of amides is 2. The van der Waals surface area contributed by atoms with Gasteiger partial charge >= 0.3 is 6.09 Å². The number of rotatable bonds is 6. The second-order valence-corrected chi connectivity index (χ2v) is 5.90. The summed E-state index contributed by atoms with van der Waals surface area (Å²) in [6.07, 6.45) is -0.609. The van der Waals surface area contributed by atoms with Gasteiger partial charge in [0.05, 0.1) is 11.3 Å². The van der Waals surface area contributed by atoms with Crippen LogP contribution in [0.1, 0.15) is 21.5 Å². The van der Waals surface area contributed by atoms with E-state index >= 15 is 0 Å². The molecule has 0 unspecified atom stereocenters. The molecular formula is C22H20N2O3. The number of carbonyl (C=O) groups is 2. The molecule has 3 rings (SSSR count). The van der Waals surface area contributed by atoms with E-state index in [2.05, 4.69) is 10.6 Å². The predicted octanol–water partition coefficient (Wildman–Crippen LogP) is 4.37. The number of para-hydroxylation sites is 1. The lowest BCUT2D eigenvalue weighted by atomic mass is 10.1. The van der Waals surface area contributed by atoms with E-state index in [1.54, 1.807) is 24.3 Å². The molecule has 0 aliphatic carbocycles. The molecule has 3 aromatic carbocycles. The Balaban J connectivity index is 1.59. The van der Waals surface area contributed by atoms with E-state index in [0.29, 0.717) is 17.8 Å². The molecule has 0 fully saturated rings. The van der Waals surface area contributed by atoms with Gasteiger partial charge in [0, 0.05) is 6.54 Å². The van der Waals surface area contributed by atoms with Crippen molar-refractivity contribution >= 4 is 17.7 Å². The lowest BCUT2D eigenvalue weighted by Gasteiger charge is -2.12. The fourth-order valence-corrected chi connectivity index (χ4v) is 2.53. The van der Waals surface area contributed by atoms with E-state index < -0.39 is 6.09 Å². The fraction of sp³-hybridized carbons (Fsp3) is 0.0909. The van der Waals surface area contributed by atoms with Gasteiger partial charge in [0.1, 0.15) is 6.61 Å². The Morgan fingerprint density at radius 1 is 0.741 bits per heavy atom. The molecule has 0 bridgehead atoms. The van der Waals surface area contributed by atoms with Crippen molar-refractivity contribution < 1.29 is 14.3 Å². The molecule has 5 nitrogen and oxygen atoms in total. The van der Waals surface area contributed by atoms with Gasteiger partial charge < -0.3 is 10.1 Å². The van der Waals surface area contributed by atoms with Crippen LogP contribution in [0.5, 0.6) is 0 Å². The second-order valence-electron chi connectivity index (χ2n) is 5.90. The molecule has 0 aromatic heterocycles. The summed E-state index contributed by atoms with van der Waals surface area (Å²) in [6.45, 7) is 0.571. The van der Waals surface area contributed by atoms with E-state index in [9.17, 15) is 9.59 Å². The maximum absolute atomic E-state index is 12.5. The molecule has 2 amide bonds. The lowest BCUT2D eigenvalue weighted by molar-refractivity contribution is 0.0952. The zero-order valence-corrected chi connectivity index (χ0v) is 14.7. The second kappa shape index (κ2) is 9.20. The molecule has 0 saturated heterocycles. The number of hydrogen-bond acceptors (Lipinski definition) is 3. The van der Waals surface area contributed by atoms with Gasteiger partial charge in [-0.3, -0.25) is 10.1 Å². The van der Waals surface area contributed by atoms with Gasteiger partial charge in [-0.1, -0.05) is 72.8 Å². The van der Waals surface area contributed by atoms with Crippen molar-refractivity contribution in [3.8, 4) is 0 Å². The highest BCUT2D eigenvalue weighted by Crippen LogP contribution is 2.16. The summed E-state index contributed by atoms with van der Waals surface area (Å²) >= 11 is 0. The van der Waals surface area contributed by atoms with Crippen LogP contribution in [0.3, 0.4) is 0 Å². The molecule has 2 N–H and O–H groups in total. The standard InChI is InChI=1S/C22H20N2O3/c25-21(23-15-17-9-3-1-4-10-17)19-13-7-8-14-20(19)24-22(26)27-16-18-11-5-2-6-12-18/h1-14H,15-16H2,(H,23,25)(H,24,26). The molecule has 0 atom stereocenters. The minimum absolute atomic E-state index is 0.162. The van der Waals surface area contributed by atoms with Crippen LogP contribution >= 0.6 is 0 Å². The van der Waals surface area contributed by atoms with E-state index in [1.165, 1.54) is 0 Å². The van der Waals surface area contributed by atoms with Gasteiger partial charge in [0.2, 0.25) is 0 Å². The molecule has 0 heterocycles. The van der Waals surface area contributed by atoms with Crippen LogP contribution in [0.2, 0.25) is 0 Å². The Morgan fingerprint density at radius 2 is 1.33 bits per heavy atom. The molecule has 3 aromatic rings. The van der Waals surface area contributed by atoms with Crippen LogP contribution < -0.4 is 10.6 Å². The van der Waals surface area contributed by atoms with Crippen molar-refractivity contribution in [1.29, 1.82) is 0 Å². The van der Waals surface area contributed by atoms with Gasteiger partial charge in [0.25, 0.3) is 5.91 Å². The number of ether oxygens (including phenoxy) is 1. The zero-order chi connectivity index (χ0) is 18.9. The number of nitrogens with one attached hydrogen (secondary N) is 2. The molecule has 0 aliphatic heterocycles. The van der Waals surface area contributed by atoms with Crippen LogP contribution in [0.25, 0.3) is 0 Å². The largest absolute Gasteiger partial charge is 0.444 e. The normalized spacial score (nSPS) is 10.1. The molecule has 136 valence electrons. The highest BCUT2D eigenvalue weighted by molar-refractivity contribution is 6.02. The summed E-state index contributed by atoms with van der Waals surface area (Å²) in [7, 11) is 0. The Morgan fingerprint density at radius 3 is 2.04 bits per heavy atom. The maximum atomic E-state index is 12.5. The van der Waals surface area contributed by atoms with Crippen molar-refractivity contribution in [2.45, 2.75) is 13.2 Å². The third kappa shape index (κ3) is 5.44. The molecule has 0 aliphatic rings. The van der Waals surface area contributed by atoms with Gasteiger partial charge in [-0.2, -0.15) is 0 Å². The van der Waals surface area contributed by atoms with E-state index in [0.717, 1.165) is 11.1 Å². The van der Waals surface area contributed by atoms with Gasteiger partial charge in [-0.15, -0.1) is 0 Å².